The van der Waals surface area contributed by atoms with E-state index in [1.54, 1.807) is 0 Å². The van der Waals surface area contributed by atoms with Crippen LogP contribution in [0.4, 0.5) is 8.78 Å². The van der Waals surface area contributed by atoms with Crippen molar-refractivity contribution < 1.29 is 22.3 Å². The molecule has 1 heterocycles. The Bertz CT molecular complexity index is 491. The highest BCUT2D eigenvalue weighted by Crippen LogP contribution is 2.25. The minimum Gasteiger partial charge on any atom is -0.390 e. The minimum absolute atomic E-state index is 0.129. The second-order valence-electron chi connectivity index (χ2n) is 3.53. The first-order valence-electron chi connectivity index (χ1n) is 4.55. The number of hydrogen-bond donors (Lipinski definition) is 1. The van der Waals surface area contributed by atoms with Gasteiger partial charge in [0.15, 0.2) is 4.90 Å². The van der Waals surface area contributed by atoms with Crippen LogP contribution in [0.1, 0.15) is 0 Å². The van der Waals surface area contributed by atoms with Crippen molar-refractivity contribution in [1.29, 1.82) is 0 Å². The quantitative estimate of drug-likeness (QED) is 0.821. The first kappa shape index (κ1) is 11.4. The molecule has 1 aromatic rings. The average Bonchev–Trinajstić information content (AvgIpc) is 2.12. The monoisotopic (exact) mass is 249 g/mol. The maximum Gasteiger partial charge on any atom is 0.249 e. The predicted molar refractivity (Wildman–Crippen MR) is 51.1 cm³/mol. The lowest BCUT2D eigenvalue weighted by atomic mass is 10.2. The van der Waals surface area contributed by atoms with Gasteiger partial charge in [0.05, 0.1) is 6.10 Å². The number of β-amino-alcohol motifs (C(OH)–C–C–N with tert-alkyl or cyclic N) is 1. The van der Waals surface area contributed by atoms with E-state index in [0.717, 1.165) is 22.5 Å². The Morgan fingerprint density at radius 3 is 2.19 bits per heavy atom. The molecule has 1 saturated heterocycles. The zero-order valence-electron chi connectivity index (χ0n) is 8.10. The second-order valence-corrected chi connectivity index (χ2v) is 5.40. The maximum atomic E-state index is 13.3. The van der Waals surface area contributed by atoms with Gasteiger partial charge in [0.1, 0.15) is 11.6 Å². The van der Waals surface area contributed by atoms with Crippen LogP contribution < -0.4 is 0 Å². The Hall–Kier alpha value is -1.05. The Kier molecular flexibility index (Phi) is 2.69. The molecule has 0 unspecified atom stereocenters. The molecule has 1 fully saturated rings. The minimum atomic E-state index is -4.17. The number of halogens is 2. The number of rotatable bonds is 2. The highest BCUT2D eigenvalue weighted by molar-refractivity contribution is 7.89. The van der Waals surface area contributed by atoms with Crippen molar-refractivity contribution in [2.45, 2.75) is 11.0 Å². The summed E-state index contributed by atoms with van der Waals surface area (Å²) in [5, 5.41) is 8.97. The van der Waals surface area contributed by atoms with E-state index in [1.165, 1.54) is 0 Å². The summed E-state index contributed by atoms with van der Waals surface area (Å²) in [4.78, 5) is -0.957. The molecule has 0 amide bonds. The van der Waals surface area contributed by atoms with Gasteiger partial charge in [-0.25, -0.2) is 17.2 Å². The summed E-state index contributed by atoms with van der Waals surface area (Å²) in [7, 11) is -4.17. The fourth-order valence-corrected chi connectivity index (χ4v) is 3.09. The van der Waals surface area contributed by atoms with Crippen molar-refractivity contribution in [3.63, 3.8) is 0 Å². The lowest BCUT2D eigenvalue weighted by Crippen LogP contribution is -2.53. The average molecular weight is 249 g/mol. The molecule has 0 spiro atoms. The summed E-state index contributed by atoms with van der Waals surface area (Å²) >= 11 is 0. The van der Waals surface area contributed by atoms with Crippen molar-refractivity contribution in [1.82, 2.24) is 4.31 Å². The third-order valence-corrected chi connectivity index (χ3v) is 4.23. The first-order valence-corrected chi connectivity index (χ1v) is 5.99. The molecule has 0 aliphatic carbocycles. The summed E-state index contributed by atoms with van der Waals surface area (Å²) < 4.78 is 50.8. The van der Waals surface area contributed by atoms with E-state index < -0.39 is 32.7 Å². The molecular weight excluding hydrogens is 240 g/mol. The highest BCUT2D eigenvalue weighted by Gasteiger charge is 2.38. The fraction of sp³-hybridized carbons (Fsp3) is 0.333. The molecule has 0 radical (unpaired) electrons. The zero-order chi connectivity index (χ0) is 11.9. The Morgan fingerprint density at radius 2 is 1.75 bits per heavy atom. The third-order valence-electron chi connectivity index (χ3n) is 2.35. The van der Waals surface area contributed by atoms with E-state index in [0.29, 0.717) is 0 Å². The Labute approximate surface area is 91.2 Å². The van der Waals surface area contributed by atoms with Crippen molar-refractivity contribution in [2.75, 3.05) is 13.1 Å². The lowest BCUT2D eigenvalue weighted by molar-refractivity contribution is 0.0545. The first-order chi connectivity index (χ1) is 7.43. The number of benzene rings is 1. The van der Waals surface area contributed by atoms with Gasteiger partial charge in [-0.15, -0.1) is 0 Å². The van der Waals surface area contributed by atoms with Gasteiger partial charge in [0.25, 0.3) is 0 Å². The molecule has 1 aliphatic heterocycles. The topological polar surface area (TPSA) is 57.6 Å². The second kappa shape index (κ2) is 3.76. The van der Waals surface area contributed by atoms with Gasteiger partial charge in [-0.1, -0.05) is 6.07 Å². The largest absolute Gasteiger partial charge is 0.390 e. The number of nitrogens with zero attached hydrogens (tertiary/aromatic N) is 1. The van der Waals surface area contributed by atoms with Gasteiger partial charge < -0.3 is 5.11 Å². The summed E-state index contributed by atoms with van der Waals surface area (Å²) in [6.07, 6.45) is -0.760. The van der Waals surface area contributed by atoms with Crippen LogP contribution in [0.3, 0.4) is 0 Å². The van der Waals surface area contributed by atoms with E-state index in [2.05, 4.69) is 0 Å². The number of aliphatic hydroxyl groups excluding tert-OH is 1. The molecule has 88 valence electrons. The Morgan fingerprint density at radius 1 is 1.25 bits per heavy atom. The van der Waals surface area contributed by atoms with E-state index >= 15 is 0 Å². The number of aliphatic hydroxyl groups is 1. The molecule has 0 aromatic heterocycles. The molecule has 0 atom stereocenters. The molecule has 2 rings (SSSR count). The molecule has 1 N–H and O–H groups in total. The zero-order valence-corrected chi connectivity index (χ0v) is 8.92. The number of hydrogen-bond acceptors (Lipinski definition) is 3. The van der Waals surface area contributed by atoms with Crippen molar-refractivity contribution in [3.8, 4) is 0 Å². The lowest BCUT2D eigenvalue weighted by Gasteiger charge is -2.34. The van der Waals surface area contributed by atoms with E-state index in [9.17, 15) is 17.2 Å². The van der Waals surface area contributed by atoms with Crippen LogP contribution in [0.15, 0.2) is 23.1 Å². The smallest absolute Gasteiger partial charge is 0.249 e. The molecule has 16 heavy (non-hydrogen) atoms. The van der Waals surface area contributed by atoms with Gasteiger partial charge in [-0.05, 0) is 12.1 Å². The van der Waals surface area contributed by atoms with Crippen LogP contribution in [0.25, 0.3) is 0 Å². The Balaban J connectivity index is 2.44. The van der Waals surface area contributed by atoms with Crippen LogP contribution in [0, 0.1) is 11.6 Å². The van der Waals surface area contributed by atoms with Crippen LogP contribution in [0.5, 0.6) is 0 Å². The summed E-state index contributed by atoms with van der Waals surface area (Å²) in [6, 6.07) is 2.85. The number of sulfonamides is 1. The predicted octanol–water partition coefficient (Wildman–Crippen LogP) is 0.330. The van der Waals surface area contributed by atoms with Crippen LogP contribution in [-0.4, -0.2) is 37.0 Å². The molecule has 0 bridgehead atoms. The highest BCUT2D eigenvalue weighted by atomic mass is 32.2. The van der Waals surface area contributed by atoms with Crippen LogP contribution in [-0.2, 0) is 10.0 Å². The third kappa shape index (κ3) is 1.70. The summed E-state index contributed by atoms with van der Waals surface area (Å²) in [5.74, 6) is -2.25. The van der Waals surface area contributed by atoms with Crippen LogP contribution >= 0.6 is 0 Å². The molecule has 1 aromatic carbocycles. The molecular formula is C9H9F2NO3S. The fourth-order valence-electron chi connectivity index (χ4n) is 1.47. The summed E-state index contributed by atoms with van der Waals surface area (Å²) in [5.41, 5.74) is 0. The van der Waals surface area contributed by atoms with Gasteiger partial charge in [-0.3, -0.25) is 0 Å². The SMILES string of the molecule is O=S(=O)(c1c(F)cccc1F)N1CC(O)C1. The molecule has 0 saturated carbocycles. The molecule has 1 aliphatic rings. The van der Waals surface area contributed by atoms with Crippen molar-refractivity contribution in [3.05, 3.63) is 29.8 Å². The normalized spacial score (nSPS) is 18.4. The van der Waals surface area contributed by atoms with Gasteiger partial charge in [-0.2, -0.15) is 4.31 Å². The van der Waals surface area contributed by atoms with E-state index in [-0.39, 0.29) is 13.1 Å². The van der Waals surface area contributed by atoms with Crippen LogP contribution in [0.2, 0.25) is 0 Å². The van der Waals surface area contributed by atoms with E-state index in [1.807, 2.05) is 0 Å². The maximum absolute atomic E-state index is 13.3. The van der Waals surface area contributed by atoms with E-state index in [4.69, 9.17) is 5.11 Å². The van der Waals surface area contributed by atoms with Crippen molar-refractivity contribution in [2.24, 2.45) is 0 Å². The molecule has 4 nitrogen and oxygen atoms in total. The molecule has 7 heteroatoms. The summed E-state index contributed by atoms with van der Waals surface area (Å²) in [6.45, 7) is -0.258. The standard InChI is InChI=1S/C9H9F2NO3S/c10-7-2-1-3-8(11)9(7)16(14,15)12-4-6(13)5-12/h1-3,6,13H,4-5H2. The van der Waals surface area contributed by atoms with Crippen molar-refractivity contribution >= 4 is 10.0 Å². The van der Waals surface area contributed by atoms with Gasteiger partial charge >= 0.3 is 0 Å². The van der Waals surface area contributed by atoms with Gasteiger partial charge in [0.2, 0.25) is 10.0 Å². The van der Waals surface area contributed by atoms with Gasteiger partial charge in [0, 0.05) is 13.1 Å².